The number of rotatable bonds is 5. The standard InChI is InChI=1S/C18H19BrFN3O3S/c19-14-5-7-15(8-6-14)27(25,26)23-11-9-22(10-12-23)13-18(24)21-17-4-2-1-3-16(17)20/h1-8H,9-13H2,(H,21,24). The molecule has 144 valence electrons. The SMILES string of the molecule is O=C(CN1CCN(S(=O)(=O)c2ccc(Br)cc2)CC1)Nc1ccccc1F. The fourth-order valence-corrected chi connectivity index (χ4v) is 4.53. The minimum Gasteiger partial charge on any atom is -0.322 e. The largest absolute Gasteiger partial charge is 0.322 e. The number of carbonyl (C=O) groups excluding carboxylic acids is 1. The third-order valence-corrected chi connectivity index (χ3v) is 6.74. The minimum absolute atomic E-state index is 0.0838. The summed E-state index contributed by atoms with van der Waals surface area (Å²) in [5.41, 5.74) is 0.138. The Labute approximate surface area is 166 Å². The van der Waals surface area contributed by atoms with Crippen LogP contribution in [-0.4, -0.2) is 56.3 Å². The van der Waals surface area contributed by atoms with Gasteiger partial charge in [0.15, 0.2) is 0 Å². The minimum atomic E-state index is -3.55. The van der Waals surface area contributed by atoms with E-state index in [1.165, 1.54) is 16.4 Å². The average molecular weight is 456 g/mol. The molecule has 9 heteroatoms. The van der Waals surface area contributed by atoms with E-state index in [0.29, 0.717) is 26.2 Å². The monoisotopic (exact) mass is 455 g/mol. The van der Waals surface area contributed by atoms with Crippen LogP contribution in [0.1, 0.15) is 0 Å². The van der Waals surface area contributed by atoms with Gasteiger partial charge in [-0.3, -0.25) is 9.69 Å². The number of nitrogens with one attached hydrogen (secondary N) is 1. The van der Waals surface area contributed by atoms with E-state index >= 15 is 0 Å². The molecule has 0 unspecified atom stereocenters. The molecule has 1 fully saturated rings. The molecule has 0 saturated carbocycles. The number of benzene rings is 2. The normalized spacial score (nSPS) is 16.2. The van der Waals surface area contributed by atoms with E-state index in [-0.39, 0.29) is 23.0 Å². The molecule has 0 aliphatic carbocycles. The first kappa shape index (κ1) is 19.9. The zero-order chi connectivity index (χ0) is 19.4. The summed E-state index contributed by atoms with van der Waals surface area (Å²) in [6, 6.07) is 12.5. The van der Waals surface area contributed by atoms with Gasteiger partial charge in [0.1, 0.15) is 5.82 Å². The second-order valence-corrected chi connectivity index (χ2v) is 9.02. The summed E-state index contributed by atoms with van der Waals surface area (Å²) < 4.78 is 41.2. The fraction of sp³-hybridized carbons (Fsp3) is 0.278. The zero-order valence-electron chi connectivity index (χ0n) is 14.4. The Balaban J connectivity index is 1.55. The highest BCUT2D eigenvalue weighted by molar-refractivity contribution is 9.10. The molecule has 0 spiro atoms. The highest BCUT2D eigenvalue weighted by Crippen LogP contribution is 2.20. The lowest BCUT2D eigenvalue weighted by Gasteiger charge is -2.33. The van der Waals surface area contributed by atoms with Crippen LogP contribution in [0.4, 0.5) is 10.1 Å². The van der Waals surface area contributed by atoms with Gasteiger partial charge < -0.3 is 5.32 Å². The molecular formula is C18H19BrFN3O3S. The lowest BCUT2D eigenvalue weighted by Crippen LogP contribution is -2.50. The molecule has 0 bridgehead atoms. The summed E-state index contributed by atoms with van der Waals surface area (Å²) in [6.45, 7) is 1.54. The molecule has 2 aromatic carbocycles. The summed E-state index contributed by atoms with van der Waals surface area (Å²) in [5, 5.41) is 2.54. The van der Waals surface area contributed by atoms with Gasteiger partial charge in [0, 0.05) is 30.7 Å². The number of sulfonamides is 1. The van der Waals surface area contributed by atoms with Crippen LogP contribution in [0.2, 0.25) is 0 Å². The molecular weight excluding hydrogens is 437 g/mol. The van der Waals surface area contributed by atoms with Gasteiger partial charge in [-0.1, -0.05) is 28.1 Å². The van der Waals surface area contributed by atoms with Crippen molar-refractivity contribution in [3.63, 3.8) is 0 Å². The van der Waals surface area contributed by atoms with E-state index in [0.717, 1.165) is 4.47 Å². The van der Waals surface area contributed by atoms with Crippen LogP contribution in [0.3, 0.4) is 0 Å². The Morgan fingerprint density at radius 2 is 1.67 bits per heavy atom. The summed E-state index contributed by atoms with van der Waals surface area (Å²) in [7, 11) is -3.55. The molecule has 1 aliphatic rings. The Morgan fingerprint density at radius 1 is 1.04 bits per heavy atom. The number of carbonyl (C=O) groups is 1. The fourth-order valence-electron chi connectivity index (χ4n) is 2.84. The van der Waals surface area contributed by atoms with Crippen molar-refractivity contribution in [2.75, 3.05) is 38.0 Å². The van der Waals surface area contributed by atoms with Crippen LogP contribution in [0.25, 0.3) is 0 Å². The molecule has 1 aliphatic heterocycles. The Kier molecular flexibility index (Phi) is 6.25. The van der Waals surface area contributed by atoms with Crippen molar-refractivity contribution < 1.29 is 17.6 Å². The van der Waals surface area contributed by atoms with Crippen LogP contribution in [0.5, 0.6) is 0 Å². The third kappa shape index (κ3) is 4.92. The lowest BCUT2D eigenvalue weighted by molar-refractivity contribution is -0.117. The molecule has 1 saturated heterocycles. The lowest BCUT2D eigenvalue weighted by atomic mass is 10.3. The number of nitrogens with zero attached hydrogens (tertiary/aromatic N) is 2. The maximum absolute atomic E-state index is 13.6. The van der Waals surface area contributed by atoms with E-state index in [1.54, 1.807) is 36.4 Å². The molecule has 3 rings (SSSR count). The number of piperazine rings is 1. The number of amides is 1. The van der Waals surface area contributed by atoms with Crippen LogP contribution < -0.4 is 5.32 Å². The van der Waals surface area contributed by atoms with Gasteiger partial charge in [0.05, 0.1) is 17.1 Å². The molecule has 27 heavy (non-hydrogen) atoms. The topological polar surface area (TPSA) is 69.7 Å². The van der Waals surface area contributed by atoms with Crippen LogP contribution >= 0.6 is 15.9 Å². The molecule has 0 radical (unpaired) electrons. The van der Waals surface area contributed by atoms with Gasteiger partial charge >= 0.3 is 0 Å². The van der Waals surface area contributed by atoms with Gasteiger partial charge in [0.25, 0.3) is 0 Å². The smallest absolute Gasteiger partial charge is 0.243 e. The van der Waals surface area contributed by atoms with E-state index < -0.39 is 15.8 Å². The Bertz CT molecular complexity index is 914. The molecule has 0 atom stereocenters. The predicted octanol–water partition coefficient (Wildman–Crippen LogP) is 2.53. The van der Waals surface area contributed by atoms with Crippen molar-refractivity contribution in [1.29, 1.82) is 0 Å². The van der Waals surface area contributed by atoms with E-state index in [9.17, 15) is 17.6 Å². The van der Waals surface area contributed by atoms with Crippen molar-refractivity contribution in [3.8, 4) is 0 Å². The van der Waals surface area contributed by atoms with Crippen molar-refractivity contribution >= 4 is 37.5 Å². The van der Waals surface area contributed by atoms with Gasteiger partial charge in [-0.05, 0) is 36.4 Å². The molecule has 1 heterocycles. The van der Waals surface area contributed by atoms with Crippen molar-refractivity contribution in [1.82, 2.24) is 9.21 Å². The summed E-state index contributed by atoms with van der Waals surface area (Å²) in [5.74, 6) is -0.819. The van der Waals surface area contributed by atoms with Gasteiger partial charge in [-0.25, -0.2) is 12.8 Å². The summed E-state index contributed by atoms with van der Waals surface area (Å²) >= 11 is 3.29. The van der Waals surface area contributed by atoms with Gasteiger partial charge in [-0.2, -0.15) is 4.31 Å². The van der Waals surface area contributed by atoms with Crippen LogP contribution in [0, 0.1) is 5.82 Å². The van der Waals surface area contributed by atoms with E-state index in [4.69, 9.17) is 0 Å². The number of hydrogen-bond acceptors (Lipinski definition) is 4. The van der Waals surface area contributed by atoms with E-state index in [2.05, 4.69) is 21.2 Å². The number of para-hydroxylation sites is 1. The molecule has 2 aromatic rings. The highest BCUT2D eigenvalue weighted by Gasteiger charge is 2.29. The molecule has 1 N–H and O–H groups in total. The van der Waals surface area contributed by atoms with Gasteiger partial charge in [-0.15, -0.1) is 0 Å². The maximum Gasteiger partial charge on any atom is 0.243 e. The number of anilines is 1. The van der Waals surface area contributed by atoms with Crippen molar-refractivity contribution in [2.45, 2.75) is 4.90 Å². The predicted molar refractivity (Wildman–Crippen MR) is 104 cm³/mol. The average Bonchev–Trinajstić information content (AvgIpc) is 2.64. The summed E-state index contributed by atoms with van der Waals surface area (Å²) in [6.07, 6.45) is 0. The molecule has 6 nitrogen and oxygen atoms in total. The van der Waals surface area contributed by atoms with Crippen molar-refractivity contribution in [3.05, 3.63) is 58.8 Å². The summed E-state index contributed by atoms with van der Waals surface area (Å²) in [4.78, 5) is 14.2. The Hall–Kier alpha value is -1.81. The first-order valence-electron chi connectivity index (χ1n) is 8.39. The van der Waals surface area contributed by atoms with Crippen molar-refractivity contribution in [2.24, 2.45) is 0 Å². The first-order valence-corrected chi connectivity index (χ1v) is 10.6. The first-order chi connectivity index (χ1) is 12.9. The zero-order valence-corrected chi connectivity index (χ0v) is 16.8. The Morgan fingerprint density at radius 3 is 2.30 bits per heavy atom. The van der Waals surface area contributed by atoms with Crippen LogP contribution in [0.15, 0.2) is 57.9 Å². The second-order valence-electron chi connectivity index (χ2n) is 6.16. The number of hydrogen-bond donors (Lipinski definition) is 1. The molecule has 1 amide bonds. The maximum atomic E-state index is 13.6. The molecule has 0 aromatic heterocycles. The number of halogens is 2. The van der Waals surface area contributed by atoms with Gasteiger partial charge in [0.2, 0.25) is 15.9 Å². The van der Waals surface area contributed by atoms with Crippen LogP contribution in [-0.2, 0) is 14.8 Å². The third-order valence-electron chi connectivity index (χ3n) is 4.30. The quantitative estimate of drug-likeness (QED) is 0.751. The highest BCUT2D eigenvalue weighted by atomic mass is 79.9. The van der Waals surface area contributed by atoms with E-state index in [1.807, 2.05) is 4.90 Å². The second kappa shape index (κ2) is 8.47.